The summed E-state index contributed by atoms with van der Waals surface area (Å²) < 4.78 is 37.7. The Labute approximate surface area is 110 Å². The van der Waals surface area contributed by atoms with Crippen LogP contribution in [0.2, 0.25) is 5.02 Å². The third kappa shape index (κ3) is 2.84. The number of halogens is 4. The highest BCUT2D eigenvalue weighted by Crippen LogP contribution is 2.31. The highest BCUT2D eigenvalue weighted by Gasteiger charge is 2.27. The first-order chi connectivity index (χ1) is 8.38. The molecule has 2 N–H and O–H groups in total. The summed E-state index contributed by atoms with van der Waals surface area (Å²) in [6.45, 7) is 0.132. The first-order valence-electron chi connectivity index (χ1n) is 4.99. The molecular weight excluding hydrogens is 287 g/mol. The van der Waals surface area contributed by atoms with Gasteiger partial charge in [0.05, 0.1) is 10.5 Å². The van der Waals surface area contributed by atoms with Crippen LogP contribution in [0.25, 0.3) is 11.0 Å². The normalized spacial score (nSPS) is 12.2. The van der Waals surface area contributed by atoms with Gasteiger partial charge in [0.15, 0.2) is 0 Å². The van der Waals surface area contributed by atoms with Crippen LogP contribution in [0.5, 0.6) is 0 Å². The quantitative estimate of drug-likeness (QED) is 0.942. The summed E-state index contributed by atoms with van der Waals surface area (Å²) >= 11 is 5.85. The van der Waals surface area contributed by atoms with Crippen LogP contribution in [0.15, 0.2) is 18.2 Å². The Hall–Kier alpha value is -1.08. The Kier molecular flexibility index (Phi) is 3.63. The number of aromatic nitrogens is 2. The van der Waals surface area contributed by atoms with E-state index in [4.69, 9.17) is 17.3 Å². The van der Waals surface area contributed by atoms with Gasteiger partial charge in [0.2, 0.25) is 5.95 Å². The van der Waals surface area contributed by atoms with Gasteiger partial charge >= 0.3 is 5.51 Å². The zero-order valence-electron chi connectivity index (χ0n) is 9.04. The molecule has 0 unspecified atom stereocenters. The van der Waals surface area contributed by atoms with Gasteiger partial charge in [-0.25, -0.2) is 4.98 Å². The zero-order chi connectivity index (χ0) is 13.3. The largest absolute Gasteiger partial charge is 0.441 e. The highest BCUT2D eigenvalue weighted by molar-refractivity contribution is 8.00. The fourth-order valence-corrected chi connectivity index (χ4v) is 2.34. The standard InChI is InChI=1S/C10H9ClF3N3S/c11-6-2-1-3-7-8(6)16-9(15)17(7)4-5-18-10(12,13)14/h1-3H,4-5H2,(H2,15,16). The zero-order valence-corrected chi connectivity index (χ0v) is 10.6. The van der Waals surface area contributed by atoms with Crippen LogP contribution in [0.4, 0.5) is 19.1 Å². The molecule has 0 amide bonds. The predicted octanol–water partition coefficient (Wildman–Crippen LogP) is 3.52. The van der Waals surface area contributed by atoms with Crippen LogP contribution >= 0.6 is 23.4 Å². The molecular formula is C10H9ClF3N3S. The molecule has 0 aliphatic heterocycles. The van der Waals surface area contributed by atoms with E-state index in [-0.39, 0.29) is 30.0 Å². The number of thioether (sulfide) groups is 1. The Balaban J connectivity index is 2.23. The first kappa shape index (κ1) is 13.4. The second-order valence-corrected chi connectivity index (χ2v) is 5.09. The summed E-state index contributed by atoms with van der Waals surface area (Å²) in [7, 11) is 0. The summed E-state index contributed by atoms with van der Waals surface area (Å²) in [6, 6.07) is 5.09. The van der Waals surface area contributed by atoms with Crippen molar-refractivity contribution in [3.8, 4) is 0 Å². The molecule has 0 aliphatic carbocycles. The second-order valence-electron chi connectivity index (χ2n) is 3.52. The van der Waals surface area contributed by atoms with Gasteiger partial charge in [-0.1, -0.05) is 17.7 Å². The van der Waals surface area contributed by atoms with Gasteiger partial charge in [-0.05, 0) is 23.9 Å². The minimum Gasteiger partial charge on any atom is -0.369 e. The van der Waals surface area contributed by atoms with E-state index in [0.717, 1.165) is 0 Å². The lowest BCUT2D eigenvalue weighted by Gasteiger charge is -2.08. The lowest BCUT2D eigenvalue weighted by molar-refractivity contribution is -0.0328. The molecule has 0 spiro atoms. The van der Waals surface area contributed by atoms with Gasteiger partial charge < -0.3 is 10.3 Å². The molecule has 0 saturated carbocycles. The number of imidazole rings is 1. The fourth-order valence-electron chi connectivity index (χ4n) is 1.62. The number of benzene rings is 1. The summed E-state index contributed by atoms with van der Waals surface area (Å²) in [5.74, 6) is 0.0481. The Morgan fingerprint density at radius 2 is 2.11 bits per heavy atom. The van der Waals surface area contributed by atoms with E-state index in [1.54, 1.807) is 18.2 Å². The van der Waals surface area contributed by atoms with Crippen LogP contribution < -0.4 is 5.73 Å². The van der Waals surface area contributed by atoms with E-state index in [2.05, 4.69) is 4.98 Å². The van der Waals surface area contributed by atoms with Gasteiger partial charge in [0, 0.05) is 12.3 Å². The van der Waals surface area contributed by atoms with E-state index in [0.29, 0.717) is 16.1 Å². The number of para-hydroxylation sites is 1. The molecule has 1 heterocycles. The van der Waals surface area contributed by atoms with Crippen LogP contribution in [-0.4, -0.2) is 20.8 Å². The van der Waals surface area contributed by atoms with Crippen molar-refractivity contribution in [2.75, 3.05) is 11.5 Å². The lowest BCUT2D eigenvalue weighted by atomic mass is 10.3. The number of anilines is 1. The Morgan fingerprint density at radius 1 is 1.39 bits per heavy atom. The van der Waals surface area contributed by atoms with Gasteiger partial charge in [-0.3, -0.25) is 0 Å². The molecule has 8 heteroatoms. The molecule has 0 saturated heterocycles. The molecule has 1 aromatic heterocycles. The molecule has 0 bridgehead atoms. The molecule has 2 rings (SSSR count). The smallest absolute Gasteiger partial charge is 0.369 e. The average Bonchev–Trinajstić information content (AvgIpc) is 2.56. The van der Waals surface area contributed by atoms with Gasteiger partial charge in [0.25, 0.3) is 0 Å². The molecule has 0 radical (unpaired) electrons. The number of nitrogens with two attached hydrogens (primary N) is 1. The van der Waals surface area contributed by atoms with E-state index in [1.165, 1.54) is 4.57 Å². The van der Waals surface area contributed by atoms with Crippen LogP contribution in [0, 0.1) is 0 Å². The highest BCUT2D eigenvalue weighted by atomic mass is 35.5. The van der Waals surface area contributed by atoms with Crippen molar-refractivity contribution in [3.05, 3.63) is 23.2 Å². The van der Waals surface area contributed by atoms with E-state index in [1.807, 2.05) is 0 Å². The Morgan fingerprint density at radius 3 is 2.78 bits per heavy atom. The topological polar surface area (TPSA) is 43.8 Å². The number of fused-ring (bicyclic) bond motifs is 1. The van der Waals surface area contributed by atoms with E-state index < -0.39 is 5.51 Å². The number of aryl methyl sites for hydroxylation is 1. The van der Waals surface area contributed by atoms with Crippen molar-refractivity contribution in [2.24, 2.45) is 0 Å². The monoisotopic (exact) mass is 295 g/mol. The lowest BCUT2D eigenvalue weighted by Crippen LogP contribution is -2.09. The predicted molar refractivity (Wildman–Crippen MR) is 67.7 cm³/mol. The summed E-state index contributed by atoms with van der Waals surface area (Å²) in [4.78, 5) is 4.05. The number of rotatable bonds is 3. The fraction of sp³-hybridized carbons (Fsp3) is 0.300. The maximum atomic E-state index is 12.0. The maximum absolute atomic E-state index is 12.0. The molecule has 2 aromatic rings. The van der Waals surface area contributed by atoms with Gasteiger partial charge in [-0.15, -0.1) is 0 Å². The van der Waals surface area contributed by atoms with Crippen LogP contribution in [0.3, 0.4) is 0 Å². The number of alkyl halides is 3. The summed E-state index contributed by atoms with van der Waals surface area (Å²) in [5, 5.41) is 0.432. The second kappa shape index (κ2) is 4.89. The average molecular weight is 296 g/mol. The number of hydrogen-bond donors (Lipinski definition) is 1. The molecule has 98 valence electrons. The number of nitrogens with zero attached hydrogens (tertiary/aromatic N) is 2. The third-order valence-corrected chi connectivity index (χ3v) is 3.36. The number of nitrogen functional groups attached to an aromatic ring is 1. The molecule has 1 aromatic carbocycles. The van der Waals surface area contributed by atoms with Crippen molar-refractivity contribution in [2.45, 2.75) is 12.1 Å². The SMILES string of the molecule is Nc1nc2c(Cl)cccc2n1CCSC(F)(F)F. The number of hydrogen-bond acceptors (Lipinski definition) is 3. The van der Waals surface area contributed by atoms with Gasteiger partial charge in [0.1, 0.15) is 5.52 Å². The summed E-state index contributed by atoms with van der Waals surface area (Å²) in [6.07, 6.45) is 0. The van der Waals surface area contributed by atoms with Crippen LogP contribution in [-0.2, 0) is 6.54 Å². The van der Waals surface area contributed by atoms with Crippen molar-refractivity contribution in [1.29, 1.82) is 0 Å². The van der Waals surface area contributed by atoms with Crippen molar-refractivity contribution >= 4 is 40.3 Å². The summed E-state index contributed by atoms with van der Waals surface area (Å²) in [5.41, 5.74) is 2.59. The molecule has 0 atom stereocenters. The molecule has 0 fully saturated rings. The minimum absolute atomic E-state index is 0.0839. The molecule has 18 heavy (non-hydrogen) atoms. The van der Waals surface area contributed by atoms with Gasteiger partial charge in [-0.2, -0.15) is 13.2 Å². The van der Waals surface area contributed by atoms with Crippen molar-refractivity contribution < 1.29 is 13.2 Å². The maximum Gasteiger partial charge on any atom is 0.441 e. The van der Waals surface area contributed by atoms with E-state index in [9.17, 15) is 13.2 Å². The molecule has 3 nitrogen and oxygen atoms in total. The first-order valence-corrected chi connectivity index (χ1v) is 6.36. The van der Waals surface area contributed by atoms with E-state index >= 15 is 0 Å². The van der Waals surface area contributed by atoms with Crippen molar-refractivity contribution in [1.82, 2.24) is 9.55 Å². The van der Waals surface area contributed by atoms with Crippen molar-refractivity contribution in [3.63, 3.8) is 0 Å². The minimum atomic E-state index is -4.23. The Bertz CT molecular complexity index is 567. The third-order valence-electron chi connectivity index (χ3n) is 2.34. The molecule has 0 aliphatic rings. The van der Waals surface area contributed by atoms with Crippen LogP contribution in [0.1, 0.15) is 0 Å².